The van der Waals surface area contributed by atoms with Crippen molar-refractivity contribution in [3.63, 3.8) is 0 Å². The van der Waals surface area contributed by atoms with Crippen LogP contribution in [0.2, 0.25) is 0 Å². The maximum absolute atomic E-state index is 13.5. The zero-order valence-electron chi connectivity index (χ0n) is 10.8. The van der Waals surface area contributed by atoms with Crippen LogP contribution in [0.5, 0.6) is 5.75 Å². The Morgan fingerprint density at radius 1 is 0.947 bits per heavy atom. The lowest BCUT2D eigenvalue weighted by Gasteiger charge is -2.11. The molecule has 0 amide bonds. The third-order valence-corrected chi connectivity index (χ3v) is 2.96. The summed E-state index contributed by atoms with van der Waals surface area (Å²) in [5.74, 6) is 0.571. The first-order valence-electron chi connectivity index (χ1n) is 6.45. The Balaban J connectivity index is 2.05. The molecule has 0 spiro atoms. The van der Waals surface area contributed by atoms with E-state index in [4.69, 9.17) is 10.5 Å². The van der Waals surface area contributed by atoms with Crippen molar-refractivity contribution >= 4 is 0 Å². The van der Waals surface area contributed by atoms with E-state index in [2.05, 4.69) is 0 Å². The number of halogens is 1. The maximum Gasteiger partial charge on any atom is 0.129 e. The molecule has 0 heterocycles. The lowest BCUT2D eigenvalue weighted by molar-refractivity contribution is 0.296. The van der Waals surface area contributed by atoms with Gasteiger partial charge < -0.3 is 10.5 Å². The minimum atomic E-state index is -0.234. The summed E-state index contributed by atoms with van der Waals surface area (Å²) < 4.78 is 19.2. The highest BCUT2D eigenvalue weighted by Gasteiger charge is 2.05. The summed E-state index contributed by atoms with van der Waals surface area (Å²) in [4.78, 5) is 0. The van der Waals surface area contributed by atoms with Crippen LogP contribution < -0.4 is 10.5 Å². The Morgan fingerprint density at radius 2 is 1.63 bits per heavy atom. The molecule has 0 aliphatic carbocycles. The number of para-hydroxylation sites is 1. The summed E-state index contributed by atoms with van der Waals surface area (Å²) in [5.41, 5.74) is 7.20. The second-order valence-corrected chi connectivity index (χ2v) is 4.38. The SMILES string of the molecule is NCCCc1ccccc1OCc1ccccc1F. The standard InChI is InChI=1S/C16H18FNO/c17-15-9-3-1-7-14(15)12-19-16-10-4-2-6-13(16)8-5-11-18/h1-4,6-7,9-10H,5,8,11-12,18H2. The van der Waals surface area contributed by atoms with Crippen molar-refractivity contribution < 1.29 is 9.13 Å². The molecule has 0 fully saturated rings. The number of nitrogens with two attached hydrogens (primary N) is 1. The van der Waals surface area contributed by atoms with Crippen LogP contribution in [-0.2, 0) is 13.0 Å². The minimum Gasteiger partial charge on any atom is -0.489 e. The van der Waals surface area contributed by atoms with Crippen LogP contribution in [0.25, 0.3) is 0 Å². The molecule has 0 aromatic heterocycles. The third-order valence-electron chi connectivity index (χ3n) is 2.96. The molecule has 19 heavy (non-hydrogen) atoms. The number of hydrogen-bond donors (Lipinski definition) is 1. The van der Waals surface area contributed by atoms with Crippen LogP contribution in [0.4, 0.5) is 4.39 Å². The highest BCUT2D eigenvalue weighted by molar-refractivity contribution is 5.33. The van der Waals surface area contributed by atoms with Crippen molar-refractivity contribution in [3.05, 3.63) is 65.5 Å². The van der Waals surface area contributed by atoms with E-state index in [0.29, 0.717) is 12.1 Å². The van der Waals surface area contributed by atoms with Gasteiger partial charge in [0, 0.05) is 5.56 Å². The van der Waals surface area contributed by atoms with Gasteiger partial charge in [-0.3, -0.25) is 0 Å². The summed E-state index contributed by atoms with van der Waals surface area (Å²) in [6.07, 6.45) is 1.80. The summed E-state index contributed by atoms with van der Waals surface area (Å²) in [7, 11) is 0. The number of rotatable bonds is 6. The smallest absolute Gasteiger partial charge is 0.129 e. The second-order valence-electron chi connectivity index (χ2n) is 4.38. The topological polar surface area (TPSA) is 35.2 Å². The van der Waals surface area contributed by atoms with E-state index in [-0.39, 0.29) is 12.4 Å². The van der Waals surface area contributed by atoms with Crippen LogP contribution in [0.1, 0.15) is 17.5 Å². The normalized spacial score (nSPS) is 10.4. The van der Waals surface area contributed by atoms with Crippen LogP contribution in [0, 0.1) is 5.82 Å². The molecule has 100 valence electrons. The summed E-state index contributed by atoms with van der Waals surface area (Å²) in [6.45, 7) is 0.897. The molecule has 0 radical (unpaired) electrons. The molecule has 2 aromatic rings. The minimum absolute atomic E-state index is 0.234. The lowest BCUT2D eigenvalue weighted by atomic mass is 10.1. The predicted molar refractivity (Wildman–Crippen MR) is 74.5 cm³/mol. The molecule has 0 aliphatic rings. The molecule has 2 nitrogen and oxygen atoms in total. The van der Waals surface area contributed by atoms with Gasteiger partial charge in [-0.2, -0.15) is 0 Å². The van der Waals surface area contributed by atoms with Crippen molar-refractivity contribution in [1.29, 1.82) is 0 Å². The first-order chi connectivity index (χ1) is 9.31. The van der Waals surface area contributed by atoms with E-state index in [1.54, 1.807) is 12.1 Å². The average Bonchev–Trinajstić information content (AvgIpc) is 2.45. The predicted octanol–water partition coefficient (Wildman–Crippen LogP) is 3.30. The van der Waals surface area contributed by atoms with Gasteiger partial charge in [0.05, 0.1) is 0 Å². The zero-order valence-corrected chi connectivity index (χ0v) is 10.8. The van der Waals surface area contributed by atoms with Crippen LogP contribution >= 0.6 is 0 Å². The maximum atomic E-state index is 13.5. The molecule has 3 heteroatoms. The zero-order chi connectivity index (χ0) is 13.5. The van der Waals surface area contributed by atoms with Gasteiger partial charge in [0.15, 0.2) is 0 Å². The number of aryl methyl sites for hydroxylation is 1. The fourth-order valence-electron chi connectivity index (χ4n) is 1.91. The molecule has 0 aliphatic heterocycles. The Hall–Kier alpha value is -1.87. The highest BCUT2D eigenvalue weighted by atomic mass is 19.1. The Bertz CT molecular complexity index is 528. The van der Waals surface area contributed by atoms with E-state index in [9.17, 15) is 4.39 Å². The van der Waals surface area contributed by atoms with Gasteiger partial charge in [-0.25, -0.2) is 4.39 Å². The Labute approximate surface area is 113 Å². The fraction of sp³-hybridized carbons (Fsp3) is 0.250. The molecule has 2 N–H and O–H groups in total. The summed E-state index contributed by atoms with van der Waals surface area (Å²) in [6, 6.07) is 14.5. The van der Waals surface area contributed by atoms with Gasteiger partial charge in [-0.05, 0) is 37.1 Å². The largest absolute Gasteiger partial charge is 0.489 e. The second kappa shape index (κ2) is 6.90. The fourth-order valence-corrected chi connectivity index (χ4v) is 1.91. The van der Waals surface area contributed by atoms with E-state index in [1.165, 1.54) is 6.07 Å². The lowest BCUT2D eigenvalue weighted by Crippen LogP contribution is -2.03. The van der Waals surface area contributed by atoms with E-state index in [1.807, 2.05) is 30.3 Å². The summed E-state index contributed by atoms with van der Waals surface area (Å²) >= 11 is 0. The Morgan fingerprint density at radius 3 is 2.37 bits per heavy atom. The van der Waals surface area contributed by atoms with Crippen molar-refractivity contribution in [2.45, 2.75) is 19.4 Å². The van der Waals surface area contributed by atoms with Crippen molar-refractivity contribution in [2.75, 3.05) is 6.54 Å². The summed E-state index contributed by atoms with van der Waals surface area (Å²) in [5, 5.41) is 0. The number of benzene rings is 2. The first kappa shape index (κ1) is 13.6. The molecule has 0 atom stereocenters. The monoisotopic (exact) mass is 259 g/mol. The van der Waals surface area contributed by atoms with E-state index < -0.39 is 0 Å². The Kier molecular flexibility index (Phi) is 4.93. The van der Waals surface area contributed by atoms with Crippen LogP contribution in [0.15, 0.2) is 48.5 Å². The van der Waals surface area contributed by atoms with Gasteiger partial charge in [0.25, 0.3) is 0 Å². The van der Waals surface area contributed by atoms with Gasteiger partial charge in [-0.1, -0.05) is 36.4 Å². The van der Waals surface area contributed by atoms with E-state index >= 15 is 0 Å². The number of hydrogen-bond acceptors (Lipinski definition) is 2. The van der Waals surface area contributed by atoms with Crippen LogP contribution in [-0.4, -0.2) is 6.54 Å². The number of ether oxygens (including phenoxy) is 1. The van der Waals surface area contributed by atoms with Crippen LogP contribution in [0.3, 0.4) is 0 Å². The molecule has 0 bridgehead atoms. The molecular weight excluding hydrogens is 241 g/mol. The first-order valence-corrected chi connectivity index (χ1v) is 6.45. The van der Waals surface area contributed by atoms with Gasteiger partial charge in [-0.15, -0.1) is 0 Å². The molecular formula is C16H18FNO. The van der Waals surface area contributed by atoms with Gasteiger partial charge in [0.2, 0.25) is 0 Å². The van der Waals surface area contributed by atoms with Crippen molar-refractivity contribution in [2.24, 2.45) is 5.73 Å². The van der Waals surface area contributed by atoms with Gasteiger partial charge in [0.1, 0.15) is 18.2 Å². The van der Waals surface area contributed by atoms with Crippen molar-refractivity contribution in [1.82, 2.24) is 0 Å². The molecule has 0 unspecified atom stereocenters. The highest BCUT2D eigenvalue weighted by Crippen LogP contribution is 2.21. The average molecular weight is 259 g/mol. The quantitative estimate of drug-likeness (QED) is 0.864. The molecule has 2 rings (SSSR count). The molecule has 0 saturated heterocycles. The van der Waals surface area contributed by atoms with Gasteiger partial charge >= 0.3 is 0 Å². The molecule has 2 aromatic carbocycles. The van der Waals surface area contributed by atoms with E-state index in [0.717, 1.165) is 24.2 Å². The van der Waals surface area contributed by atoms with Crippen molar-refractivity contribution in [3.8, 4) is 5.75 Å². The molecule has 0 saturated carbocycles. The third kappa shape index (κ3) is 3.80.